The lowest BCUT2D eigenvalue weighted by atomic mass is 10.3. The van der Waals surface area contributed by atoms with Crippen LogP contribution in [-0.4, -0.2) is 15.4 Å². The number of aromatic amines is 1. The molecule has 0 aliphatic carbocycles. The Morgan fingerprint density at radius 1 is 1.09 bits per heavy atom. The van der Waals surface area contributed by atoms with Crippen LogP contribution >= 0.6 is 0 Å². The molecule has 3 nitrogen and oxygen atoms in total. The molecular weight excluding hydrogens is 138 g/mol. The summed E-state index contributed by atoms with van der Waals surface area (Å²) in [5.74, 6) is 0. The average Bonchev–Trinajstić information content (AvgIpc) is 2.54. The van der Waals surface area contributed by atoms with Crippen molar-refractivity contribution in [3.63, 3.8) is 0 Å². The van der Waals surface area contributed by atoms with Crippen LogP contribution in [0.25, 0.3) is 12.2 Å². The van der Waals surface area contributed by atoms with Crippen molar-refractivity contribution in [1.29, 1.82) is 0 Å². The molecular formula is C8H13N3. The summed E-state index contributed by atoms with van der Waals surface area (Å²) in [4.78, 5) is 0. The predicted molar refractivity (Wildman–Crippen MR) is 47.9 cm³/mol. The summed E-state index contributed by atoms with van der Waals surface area (Å²) < 4.78 is 0. The van der Waals surface area contributed by atoms with Crippen LogP contribution in [-0.2, 0) is 0 Å². The lowest BCUT2D eigenvalue weighted by Gasteiger charge is -1.79. The molecule has 1 rings (SSSR count). The van der Waals surface area contributed by atoms with Gasteiger partial charge in [-0.15, -0.1) is 0 Å². The van der Waals surface area contributed by atoms with E-state index in [-0.39, 0.29) is 0 Å². The molecule has 1 aromatic rings. The van der Waals surface area contributed by atoms with Gasteiger partial charge in [-0.25, -0.2) is 0 Å². The summed E-state index contributed by atoms with van der Waals surface area (Å²) in [5.41, 5.74) is 1.48. The van der Waals surface area contributed by atoms with E-state index in [0.717, 1.165) is 11.4 Å². The number of hydrogen-bond donors (Lipinski definition) is 1. The topological polar surface area (TPSA) is 41.6 Å². The molecule has 0 bridgehead atoms. The van der Waals surface area contributed by atoms with Crippen molar-refractivity contribution in [2.75, 3.05) is 0 Å². The van der Waals surface area contributed by atoms with Crippen LogP contribution in [0.4, 0.5) is 0 Å². The highest BCUT2D eigenvalue weighted by atomic mass is 15.3. The van der Waals surface area contributed by atoms with Crippen LogP contribution in [0, 0.1) is 0 Å². The second-order valence-corrected chi connectivity index (χ2v) is 1.50. The van der Waals surface area contributed by atoms with Gasteiger partial charge >= 0.3 is 0 Å². The third-order valence-corrected chi connectivity index (χ3v) is 0.990. The van der Waals surface area contributed by atoms with E-state index in [9.17, 15) is 0 Å². The standard InChI is InChI=1S/C6H7N3.C2H6/c1-3-5-6(4-2)8-9-7-5;1-2/h3-4H,1-2H2,(H,7,8,9);1-2H3. The summed E-state index contributed by atoms with van der Waals surface area (Å²) in [6.45, 7) is 11.1. The van der Waals surface area contributed by atoms with Crippen molar-refractivity contribution in [2.45, 2.75) is 13.8 Å². The molecule has 1 heterocycles. The lowest BCUT2D eigenvalue weighted by Crippen LogP contribution is -1.73. The van der Waals surface area contributed by atoms with Gasteiger partial charge < -0.3 is 0 Å². The van der Waals surface area contributed by atoms with Gasteiger partial charge in [0.2, 0.25) is 0 Å². The van der Waals surface area contributed by atoms with E-state index in [1.165, 1.54) is 0 Å². The van der Waals surface area contributed by atoms with E-state index in [2.05, 4.69) is 28.6 Å². The Hall–Kier alpha value is -1.38. The van der Waals surface area contributed by atoms with Crippen LogP contribution in [0.3, 0.4) is 0 Å². The zero-order chi connectivity index (χ0) is 8.69. The maximum absolute atomic E-state index is 3.78. The molecule has 11 heavy (non-hydrogen) atoms. The van der Waals surface area contributed by atoms with Gasteiger partial charge in [0.15, 0.2) is 0 Å². The van der Waals surface area contributed by atoms with Crippen LogP contribution < -0.4 is 0 Å². The molecule has 60 valence electrons. The van der Waals surface area contributed by atoms with Crippen molar-refractivity contribution in [1.82, 2.24) is 15.4 Å². The van der Waals surface area contributed by atoms with E-state index in [4.69, 9.17) is 0 Å². The molecule has 0 spiro atoms. The Morgan fingerprint density at radius 2 is 1.45 bits per heavy atom. The third-order valence-electron chi connectivity index (χ3n) is 0.990. The van der Waals surface area contributed by atoms with Gasteiger partial charge in [-0.05, 0) is 12.2 Å². The van der Waals surface area contributed by atoms with Crippen LogP contribution in [0.15, 0.2) is 13.2 Å². The molecule has 0 amide bonds. The molecule has 0 aliphatic rings. The van der Waals surface area contributed by atoms with Crippen molar-refractivity contribution < 1.29 is 0 Å². The summed E-state index contributed by atoms with van der Waals surface area (Å²) in [6.07, 6.45) is 3.25. The molecule has 0 saturated heterocycles. The van der Waals surface area contributed by atoms with Crippen molar-refractivity contribution in [3.8, 4) is 0 Å². The monoisotopic (exact) mass is 151 g/mol. The first-order valence-electron chi connectivity index (χ1n) is 3.54. The third kappa shape index (κ3) is 2.37. The first-order chi connectivity index (χ1) is 5.38. The zero-order valence-electron chi connectivity index (χ0n) is 6.96. The Bertz CT molecular complexity index is 202. The second-order valence-electron chi connectivity index (χ2n) is 1.50. The first kappa shape index (κ1) is 9.62. The van der Waals surface area contributed by atoms with Crippen LogP contribution in [0.1, 0.15) is 25.2 Å². The molecule has 0 aliphatic heterocycles. The van der Waals surface area contributed by atoms with Crippen LogP contribution in [0.2, 0.25) is 0 Å². The van der Waals surface area contributed by atoms with Crippen molar-refractivity contribution >= 4 is 12.2 Å². The van der Waals surface area contributed by atoms with E-state index >= 15 is 0 Å². The molecule has 0 aromatic carbocycles. The summed E-state index contributed by atoms with van der Waals surface area (Å²) in [7, 11) is 0. The van der Waals surface area contributed by atoms with Gasteiger partial charge in [0, 0.05) is 0 Å². The molecule has 0 radical (unpaired) electrons. The van der Waals surface area contributed by atoms with Gasteiger partial charge in [0.25, 0.3) is 0 Å². The SMILES string of the molecule is C=Cc1n[nH]nc1C=C.CC. The molecule has 3 heteroatoms. The Balaban J connectivity index is 0.000000461. The van der Waals surface area contributed by atoms with E-state index in [1.54, 1.807) is 12.2 Å². The number of hydrogen-bond acceptors (Lipinski definition) is 2. The molecule has 0 fully saturated rings. The largest absolute Gasteiger partial charge is 0.197 e. The molecule has 1 aromatic heterocycles. The number of H-pyrrole nitrogens is 1. The molecule has 1 N–H and O–H groups in total. The minimum absolute atomic E-state index is 0.741. The smallest absolute Gasteiger partial charge is 0.112 e. The minimum Gasteiger partial charge on any atom is -0.197 e. The lowest BCUT2D eigenvalue weighted by molar-refractivity contribution is 0.935. The molecule has 0 unspecified atom stereocenters. The Morgan fingerprint density at radius 3 is 1.73 bits per heavy atom. The maximum atomic E-state index is 3.78. The van der Waals surface area contributed by atoms with Crippen molar-refractivity contribution in [3.05, 3.63) is 24.5 Å². The average molecular weight is 151 g/mol. The van der Waals surface area contributed by atoms with E-state index < -0.39 is 0 Å². The van der Waals surface area contributed by atoms with Gasteiger partial charge in [0.05, 0.1) is 0 Å². The van der Waals surface area contributed by atoms with Gasteiger partial charge in [-0.1, -0.05) is 27.0 Å². The van der Waals surface area contributed by atoms with Gasteiger partial charge in [-0.2, -0.15) is 15.4 Å². The van der Waals surface area contributed by atoms with Crippen LogP contribution in [0.5, 0.6) is 0 Å². The molecule has 0 saturated carbocycles. The predicted octanol–water partition coefficient (Wildman–Crippen LogP) is 2.12. The quantitative estimate of drug-likeness (QED) is 0.703. The highest BCUT2D eigenvalue weighted by Gasteiger charge is 1.95. The minimum atomic E-state index is 0.741. The second kappa shape index (κ2) is 5.41. The summed E-state index contributed by atoms with van der Waals surface area (Å²) in [6, 6.07) is 0. The highest BCUT2D eigenvalue weighted by Crippen LogP contribution is 2.01. The fourth-order valence-corrected chi connectivity index (χ4v) is 0.548. The van der Waals surface area contributed by atoms with E-state index in [1.807, 2.05) is 13.8 Å². The summed E-state index contributed by atoms with van der Waals surface area (Å²) >= 11 is 0. The first-order valence-corrected chi connectivity index (χ1v) is 3.54. The maximum Gasteiger partial charge on any atom is 0.112 e. The zero-order valence-corrected chi connectivity index (χ0v) is 6.96. The molecule has 0 atom stereocenters. The Labute approximate surface area is 66.8 Å². The Kier molecular flexibility index (Phi) is 4.73. The summed E-state index contributed by atoms with van der Waals surface area (Å²) in [5, 5.41) is 10.0. The number of aromatic nitrogens is 3. The van der Waals surface area contributed by atoms with E-state index in [0.29, 0.717) is 0 Å². The fraction of sp³-hybridized carbons (Fsp3) is 0.250. The van der Waals surface area contributed by atoms with Gasteiger partial charge in [0.1, 0.15) is 11.4 Å². The highest BCUT2D eigenvalue weighted by molar-refractivity contribution is 5.55. The number of nitrogens with one attached hydrogen (secondary N) is 1. The van der Waals surface area contributed by atoms with Crippen molar-refractivity contribution in [2.24, 2.45) is 0 Å². The number of rotatable bonds is 2. The normalized spacial score (nSPS) is 7.82. The number of nitrogens with zero attached hydrogens (tertiary/aromatic N) is 2. The van der Waals surface area contributed by atoms with Gasteiger partial charge in [-0.3, -0.25) is 0 Å². The fourth-order valence-electron chi connectivity index (χ4n) is 0.548.